The van der Waals surface area contributed by atoms with Gasteiger partial charge in [-0.25, -0.2) is 8.78 Å². The summed E-state index contributed by atoms with van der Waals surface area (Å²) < 4.78 is 25.9. The Bertz CT molecular complexity index is 522. The summed E-state index contributed by atoms with van der Waals surface area (Å²) in [6, 6.07) is 5.79. The van der Waals surface area contributed by atoms with Crippen molar-refractivity contribution < 1.29 is 13.6 Å². The highest BCUT2D eigenvalue weighted by Gasteiger charge is 2.39. The zero-order chi connectivity index (χ0) is 17.0. The molecule has 0 spiro atoms. The molecule has 2 heterocycles. The van der Waals surface area contributed by atoms with Crippen LogP contribution in [0.3, 0.4) is 0 Å². The van der Waals surface area contributed by atoms with Crippen LogP contribution >= 0.6 is 0 Å². The third-order valence-electron chi connectivity index (χ3n) is 4.55. The molecule has 1 fully saturated rings. The smallest absolute Gasteiger partial charge is 0.252 e. The molecule has 4 nitrogen and oxygen atoms in total. The number of pyridine rings is 1. The average Bonchev–Trinajstić information content (AvgIpc) is 2.50. The number of carbonyl (C=O) groups excluding carboxylic acids is 1. The van der Waals surface area contributed by atoms with E-state index in [4.69, 9.17) is 0 Å². The molecule has 0 aromatic carbocycles. The van der Waals surface area contributed by atoms with Crippen molar-refractivity contribution in [1.82, 2.24) is 15.2 Å². The van der Waals surface area contributed by atoms with E-state index in [0.717, 1.165) is 31.7 Å². The molecular formula is C17H25F2N3O. The van der Waals surface area contributed by atoms with Crippen molar-refractivity contribution in [2.75, 3.05) is 13.1 Å². The maximum atomic E-state index is 12.9. The number of nitrogens with zero attached hydrogens (tertiary/aromatic N) is 2. The van der Waals surface area contributed by atoms with Crippen LogP contribution in [0, 0.1) is 11.3 Å². The standard InChI is InChI=1S/C17H25F2N3O/c1-12-10-22(11-13-6-4-5-8-20-13)9-7-14(12)21-16(23)17(2,3)15(18)19/h4-6,8,12,14-15H,7,9-11H2,1-3H3,(H,21,23)/t12-,14+/m0/s1. The minimum atomic E-state index is -2.66. The topological polar surface area (TPSA) is 45.2 Å². The Morgan fingerprint density at radius 2 is 2.22 bits per heavy atom. The quantitative estimate of drug-likeness (QED) is 0.905. The second-order valence-corrected chi connectivity index (χ2v) is 6.92. The molecule has 1 amide bonds. The summed E-state index contributed by atoms with van der Waals surface area (Å²) in [5.74, 6) is -0.354. The Kier molecular flexibility index (Phi) is 5.68. The molecule has 1 aromatic rings. The van der Waals surface area contributed by atoms with Gasteiger partial charge in [-0.15, -0.1) is 0 Å². The van der Waals surface area contributed by atoms with Crippen LogP contribution in [0.1, 0.15) is 32.9 Å². The van der Waals surface area contributed by atoms with Gasteiger partial charge in [-0.05, 0) is 38.3 Å². The first-order valence-electron chi connectivity index (χ1n) is 8.02. The van der Waals surface area contributed by atoms with E-state index < -0.39 is 17.7 Å². The van der Waals surface area contributed by atoms with Crippen LogP contribution in [0.15, 0.2) is 24.4 Å². The normalized spacial score (nSPS) is 23.0. The van der Waals surface area contributed by atoms with E-state index in [1.165, 1.54) is 13.8 Å². The zero-order valence-electron chi connectivity index (χ0n) is 13.9. The van der Waals surface area contributed by atoms with Gasteiger partial charge in [-0.1, -0.05) is 13.0 Å². The van der Waals surface area contributed by atoms with Crippen LogP contribution in [0.5, 0.6) is 0 Å². The second kappa shape index (κ2) is 7.34. The Balaban J connectivity index is 1.88. The molecule has 1 aromatic heterocycles. The molecule has 0 saturated carbocycles. The van der Waals surface area contributed by atoms with Gasteiger partial charge >= 0.3 is 0 Å². The van der Waals surface area contributed by atoms with Crippen LogP contribution in [0.4, 0.5) is 8.78 Å². The fourth-order valence-corrected chi connectivity index (χ4v) is 2.76. The molecule has 1 aliphatic heterocycles. The molecule has 23 heavy (non-hydrogen) atoms. The molecule has 1 aliphatic rings. The SMILES string of the molecule is C[C@H]1CN(Cc2ccccn2)CC[C@H]1NC(=O)C(C)(C)C(F)F. The van der Waals surface area contributed by atoms with Crippen LogP contribution < -0.4 is 5.32 Å². The highest BCUT2D eigenvalue weighted by molar-refractivity contribution is 5.82. The molecule has 1 N–H and O–H groups in total. The number of rotatable bonds is 5. The van der Waals surface area contributed by atoms with Crippen molar-refractivity contribution in [3.63, 3.8) is 0 Å². The minimum absolute atomic E-state index is 0.0551. The van der Waals surface area contributed by atoms with Gasteiger partial charge < -0.3 is 5.32 Å². The molecule has 2 atom stereocenters. The molecule has 6 heteroatoms. The predicted octanol–water partition coefficient (Wildman–Crippen LogP) is 2.70. The van der Waals surface area contributed by atoms with E-state index in [2.05, 4.69) is 15.2 Å². The molecule has 128 valence electrons. The lowest BCUT2D eigenvalue weighted by atomic mass is 9.89. The molecule has 2 rings (SSSR count). The number of hydrogen-bond donors (Lipinski definition) is 1. The molecular weight excluding hydrogens is 300 g/mol. The van der Waals surface area contributed by atoms with E-state index in [1.54, 1.807) is 6.20 Å². The van der Waals surface area contributed by atoms with Crippen molar-refractivity contribution in [3.05, 3.63) is 30.1 Å². The third-order valence-corrected chi connectivity index (χ3v) is 4.55. The van der Waals surface area contributed by atoms with E-state index in [9.17, 15) is 13.6 Å². The van der Waals surface area contributed by atoms with Gasteiger partial charge in [-0.2, -0.15) is 0 Å². The fraction of sp³-hybridized carbons (Fsp3) is 0.647. The Labute approximate surface area is 136 Å². The summed E-state index contributed by atoms with van der Waals surface area (Å²) in [6.45, 7) is 7.03. The van der Waals surface area contributed by atoms with E-state index in [0.29, 0.717) is 0 Å². The lowest BCUT2D eigenvalue weighted by Crippen LogP contribution is -2.53. The maximum Gasteiger partial charge on any atom is 0.252 e. The van der Waals surface area contributed by atoms with Crippen LogP contribution in [0.25, 0.3) is 0 Å². The lowest BCUT2D eigenvalue weighted by molar-refractivity contribution is -0.139. The molecule has 0 radical (unpaired) electrons. The monoisotopic (exact) mass is 325 g/mol. The summed E-state index contributed by atoms with van der Waals surface area (Å²) in [7, 11) is 0. The van der Waals surface area contributed by atoms with E-state index >= 15 is 0 Å². The first-order valence-corrected chi connectivity index (χ1v) is 8.02. The summed E-state index contributed by atoms with van der Waals surface area (Å²) in [5.41, 5.74) is -0.633. The van der Waals surface area contributed by atoms with Crippen molar-refractivity contribution >= 4 is 5.91 Å². The van der Waals surface area contributed by atoms with Crippen LogP contribution in [-0.2, 0) is 11.3 Å². The number of likely N-dealkylation sites (tertiary alicyclic amines) is 1. The van der Waals surface area contributed by atoms with Gasteiger partial charge in [0, 0.05) is 31.9 Å². The van der Waals surface area contributed by atoms with Gasteiger partial charge in [0.15, 0.2) is 0 Å². The van der Waals surface area contributed by atoms with Crippen molar-refractivity contribution in [1.29, 1.82) is 0 Å². The van der Waals surface area contributed by atoms with Gasteiger partial charge in [0.05, 0.1) is 5.69 Å². The number of alkyl halides is 2. The number of nitrogens with one attached hydrogen (secondary N) is 1. The van der Waals surface area contributed by atoms with Gasteiger partial charge in [0.25, 0.3) is 6.43 Å². The van der Waals surface area contributed by atoms with Crippen molar-refractivity contribution in [2.45, 2.75) is 46.2 Å². The molecule has 0 bridgehead atoms. The van der Waals surface area contributed by atoms with Gasteiger partial charge in [-0.3, -0.25) is 14.7 Å². The van der Waals surface area contributed by atoms with Crippen LogP contribution in [0.2, 0.25) is 0 Å². The number of amides is 1. The minimum Gasteiger partial charge on any atom is -0.352 e. The zero-order valence-corrected chi connectivity index (χ0v) is 13.9. The Morgan fingerprint density at radius 3 is 2.78 bits per heavy atom. The number of carbonyl (C=O) groups is 1. The van der Waals surface area contributed by atoms with Crippen molar-refractivity contribution in [2.24, 2.45) is 11.3 Å². The van der Waals surface area contributed by atoms with Crippen molar-refractivity contribution in [3.8, 4) is 0 Å². The highest BCUT2D eigenvalue weighted by Crippen LogP contribution is 2.26. The maximum absolute atomic E-state index is 12.9. The Hall–Kier alpha value is -1.56. The molecule has 1 saturated heterocycles. The molecule has 0 aliphatic carbocycles. The fourth-order valence-electron chi connectivity index (χ4n) is 2.76. The summed E-state index contributed by atoms with van der Waals surface area (Å²) in [6.07, 6.45) is -0.126. The first kappa shape index (κ1) is 17.8. The summed E-state index contributed by atoms with van der Waals surface area (Å²) in [5, 5.41) is 2.81. The van der Waals surface area contributed by atoms with E-state index in [-0.39, 0.29) is 12.0 Å². The van der Waals surface area contributed by atoms with Gasteiger partial charge in [0.2, 0.25) is 5.91 Å². The largest absolute Gasteiger partial charge is 0.352 e. The number of hydrogen-bond acceptors (Lipinski definition) is 3. The number of aromatic nitrogens is 1. The number of halogens is 2. The van der Waals surface area contributed by atoms with Crippen LogP contribution in [-0.4, -0.2) is 41.3 Å². The second-order valence-electron chi connectivity index (χ2n) is 6.92. The average molecular weight is 325 g/mol. The predicted molar refractivity (Wildman–Crippen MR) is 85.0 cm³/mol. The lowest BCUT2D eigenvalue weighted by Gasteiger charge is -2.38. The van der Waals surface area contributed by atoms with E-state index in [1.807, 2.05) is 25.1 Å². The summed E-state index contributed by atoms with van der Waals surface area (Å²) in [4.78, 5) is 18.7. The summed E-state index contributed by atoms with van der Waals surface area (Å²) >= 11 is 0. The van der Waals surface area contributed by atoms with Gasteiger partial charge in [0.1, 0.15) is 5.41 Å². The first-order chi connectivity index (χ1) is 10.8. The third kappa shape index (κ3) is 4.47. The Morgan fingerprint density at radius 1 is 1.48 bits per heavy atom. The number of piperidine rings is 1. The highest BCUT2D eigenvalue weighted by atomic mass is 19.3. The molecule has 0 unspecified atom stereocenters.